The van der Waals surface area contributed by atoms with Gasteiger partial charge in [-0.05, 0) is 18.9 Å². The highest BCUT2D eigenvalue weighted by atomic mass is 16.5. The lowest BCUT2D eigenvalue weighted by Gasteiger charge is -2.24. The number of hydrogen-bond donors (Lipinski definition) is 2. The summed E-state index contributed by atoms with van der Waals surface area (Å²) in [6, 6.07) is 7.33. The second-order valence-electron chi connectivity index (χ2n) is 4.29. The Bertz CT molecular complexity index is 350. The first kappa shape index (κ1) is 12.4. The standard InChI is InChI=1S/C13H19NO3/c14-12-4-2-1-3-11(12)13(15)9-17-10-5-7-16-8-6-10/h1-4,10,13,15H,5-9,14H2. The van der Waals surface area contributed by atoms with Crippen LogP contribution in [0, 0.1) is 0 Å². The topological polar surface area (TPSA) is 64.7 Å². The lowest BCUT2D eigenvalue weighted by molar-refractivity contribution is -0.0597. The van der Waals surface area contributed by atoms with E-state index in [4.69, 9.17) is 15.2 Å². The Morgan fingerprint density at radius 1 is 1.35 bits per heavy atom. The molecule has 1 aliphatic heterocycles. The monoisotopic (exact) mass is 237 g/mol. The summed E-state index contributed by atoms with van der Waals surface area (Å²) in [5, 5.41) is 10.00. The van der Waals surface area contributed by atoms with Gasteiger partial charge in [0.25, 0.3) is 0 Å². The van der Waals surface area contributed by atoms with E-state index in [1.807, 2.05) is 18.2 Å². The van der Waals surface area contributed by atoms with Gasteiger partial charge in [-0.25, -0.2) is 0 Å². The number of nitrogens with two attached hydrogens (primary N) is 1. The molecule has 0 amide bonds. The number of hydrogen-bond acceptors (Lipinski definition) is 4. The maximum atomic E-state index is 10.00. The summed E-state index contributed by atoms with van der Waals surface area (Å²) < 4.78 is 10.9. The van der Waals surface area contributed by atoms with Crippen LogP contribution < -0.4 is 5.73 Å². The average molecular weight is 237 g/mol. The SMILES string of the molecule is Nc1ccccc1C(O)COC1CCOCC1. The van der Waals surface area contributed by atoms with Crippen LogP contribution in [0.25, 0.3) is 0 Å². The minimum Gasteiger partial charge on any atom is -0.398 e. The van der Waals surface area contributed by atoms with Crippen molar-refractivity contribution < 1.29 is 14.6 Å². The molecule has 1 aliphatic rings. The Morgan fingerprint density at radius 2 is 2.06 bits per heavy atom. The molecule has 17 heavy (non-hydrogen) atoms. The largest absolute Gasteiger partial charge is 0.398 e. The van der Waals surface area contributed by atoms with Crippen molar-refractivity contribution in [3.8, 4) is 0 Å². The summed E-state index contributed by atoms with van der Waals surface area (Å²) in [6.45, 7) is 1.78. The highest BCUT2D eigenvalue weighted by Crippen LogP contribution is 2.21. The van der Waals surface area contributed by atoms with Crippen LogP contribution in [0.15, 0.2) is 24.3 Å². The Balaban J connectivity index is 1.84. The van der Waals surface area contributed by atoms with E-state index in [9.17, 15) is 5.11 Å². The minimum atomic E-state index is -0.654. The van der Waals surface area contributed by atoms with Crippen LogP contribution in [-0.2, 0) is 9.47 Å². The summed E-state index contributed by atoms with van der Waals surface area (Å²) in [5.74, 6) is 0. The van der Waals surface area contributed by atoms with Gasteiger partial charge < -0.3 is 20.3 Å². The zero-order valence-electron chi connectivity index (χ0n) is 9.84. The van der Waals surface area contributed by atoms with Gasteiger partial charge in [-0.15, -0.1) is 0 Å². The van der Waals surface area contributed by atoms with Crippen LogP contribution in [-0.4, -0.2) is 31.0 Å². The molecule has 1 heterocycles. The fourth-order valence-corrected chi connectivity index (χ4v) is 1.97. The van der Waals surface area contributed by atoms with Crippen LogP contribution in [0.3, 0.4) is 0 Å². The smallest absolute Gasteiger partial charge is 0.104 e. The molecule has 0 aromatic heterocycles. The quantitative estimate of drug-likeness (QED) is 0.779. The van der Waals surface area contributed by atoms with E-state index in [1.54, 1.807) is 6.07 Å². The predicted molar refractivity (Wildman–Crippen MR) is 65.6 cm³/mol. The third kappa shape index (κ3) is 3.43. The van der Waals surface area contributed by atoms with Crippen molar-refractivity contribution >= 4 is 5.69 Å². The van der Waals surface area contributed by atoms with Crippen molar-refractivity contribution in [3.05, 3.63) is 29.8 Å². The first-order valence-corrected chi connectivity index (χ1v) is 5.99. The molecule has 0 saturated carbocycles. The summed E-state index contributed by atoms with van der Waals surface area (Å²) in [4.78, 5) is 0. The Kier molecular flexibility index (Phi) is 4.36. The molecule has 0 radical (unpaired) electrons. The molecular formula is C13H19NO3. The lowest BCUT2D eigenvalue weighted by Crippen LogP contribution is -2.25. The van der Waals surface area contributed by atoms with Gasteiger partial charge in [0.05, 0.1) is 12.7 Å². The zero-order valence-corrected chi connectivity index (χ0v) is 9.84. The number of aliphatic hydroxyl groups excluding tert-OH is 1. The first-order valence-electron chi connectivity index (χ1n) is 5.99. The number of aliphatic hydroxyl groups is 1. The van der Waals surface area contributed by atoms with Gasteiger partial charge in [-0.2, -0.15) is 0 Å². The average Bonchev–Trinajstić information content (AvgIpc) is 2.38. The molecule has 1 atom stereocenters. The molecule has 1 unspecified atom stereocenters. The van der Waals surface area contributed by atoms with Crippen LogP contribution in [0.2, 0.25) is 0 Å². The van der Waals surface area contributed by atoms with E-state index in [1.165, 1.54) is 0 Å². The fourth-order valence-electron chi connectivity index (χ4n) is 1.97. The normalized spacial score (nSPS) is 19.1. The van der Waals surface area contributed by atoms with Crippen LogP contribution in [0.1, 0.15) is 24.5 Å². The van der Waals surface area contributed by atoms with Gasteiger partial charge in [0, 0.05) is 24.5 Å². The molecule has 0 aliphatic carbocycles. The predicted octanol–water partition coefficient (Wildman–Crippen LogP) is 1.50. The molecule has 2 rings (SSSR count). The molecule has 0 bridgehead atoms. The van der Waals surface area contributed by atoms with Crippen LogP contribution in [0.5, 0.6) is 0 Å². The highest BCUT2D eigenvalue weighted by molar-refractivity contribution is 5.47. The van der Waals surface area contributed by atoms with E-state index in [-0.39, 0.29) is 6.10 Å². The zero-order chi connectivity index (χ0) is 12.1. The third-order valence-electron chi connectivity index (χ3n) is 3.01. The molecule has 0 spiro atoms. The van der Waals surface area contributed by atoms with Gasteiger partial charge in [0.1, 0.15) is 6.10 Å². The van der Waals surface area contributed by atoms with Crippen molar-refractivity contribution in [2.24, 2.45) is 0 Å². The Hall–Kier alpha value is -1.10. The van der Waals surface area contributed by atoms with Gasteiger partial charge in [-0.1, -0.05) is 18.2 Å². The van der Waals surface area contributed by atoms with E-state index >= 15 is 0 Å². The van der Waals surface area contributed by atoms with Gasteiger partial charge in [0.15, 0.2) is 0 Å². The molecule has 3 N–H and O–H groups in total. The van der Waals surface area contributed by atoms with Crippen molar-refractivity contribution in [3.63, 3.8) is 0 Å². The summed E-state index contributed by atoms with van der Waals surface area (Å²) >= 11 is 0. The lowest BCUT2D eigenvalue weighted by atomic mass is 10.1. The van der Waals surface area contributed by atoms with E-state index < -0.39 is 6.10 Å². The molecule has 4 heteroatoms. The number of rotatable bonds is 4. The Morgan fingerprint density at radius 3 is 2.76 bits per heavy atom. The molecule has 4 nitrogen and oxygen atoms in total. The molecule has 1 aromatic carbocycles. The summed E-state index contributed by atoms with van der Waals surface area (Å²) in [7, 11) is 0. The molecule has 94 valence electrons. The number of benzene rings is 1. The maximum absolute atomic E-state index is 10.00. The first-order chi connectivity index (χ1) is 8.27. The van der Waals surface area contributed by atoms with Crippen molar-refractivity contribution in [1.82, 2.24) is 0 Å². The maximum Gasteiger partial charge on any atom is 0.104 e. The van der Waals surface area contributed by atoms with Crippen LogP contribution in [0.4, 0.5) is 5.69 Å². The molecule has 1 fully saturated rings. The molecule has 1 saturated heterocycles. The van der Waals surface area contributed by atoms with Gasteiger partial charge >= 0.3 is 0 Å². The van der Waals surface area contributed by atoms with Crippen molar-refractivity contribution in [2.45, 2.75) is 25.0 Å². The summed E-state index contributed by atoms with van der Waals surface area (Å²) in [6.07, 6.45) is 1.34. The highest BCUT2D eigenvalue weighted by Gasteiger charge is 2.17. The fraction of sp³-hybridized carbons (Fsp3) is 0.538. The Labute approximate surface area is 101 Å². The summed E-state index contributed by atoms with van der Waals surface area (Å²) in [5.41, 5.74) is 7.14. The van der Waals surface area contributed by atoms with Crippen LogP contribution >= 0.6 is 0 Å². The number of anilines is 1. The number of para-hydroxylation sites is 1. The second-order valence-corrected chi connectivity index (χ2v) is 4.29. The van der Waals surface area contributed by atoms with E-state index in [2.05, 4.69) is 0 Å². The van der Waals surface area contributed by atoms with Crippen molar-refractivity contribution in [1.29, 1.82) is 0 Å². The van der Waals surface area contributed by atoms with Crippen molar-refractivity contribution in [2.75, 3.05) is 25.6 Å². The van der Waals surface area contributed by atoms with E-state index in [0.717, 1.165) is 31.6 Å². The van der Waals surface area contributed by atoms with Gasteiger partial charge in [0.2, 0.25) is 0 Å². The second kappa shape index (κ2) is 6.00. The van der Waals surface area contributed by atoms with Gasteiger partial charge in [-0.3, -0.25) is 0 Å². The number of nitrogen functional groups attached to an aromatic ring is 1. The third-order valence-corrected chi connectivity index (χ3v) is 3.01. The number of ether oxygens (including phenoxy) is 2. The minimum absolute atomic E-state index is 0.198. The van der Waals surface area contributed by atoms with E-state index in [0.29, 0.717) is 12.3 Å². The molecule has 1 aromatic rings. The molecular weight excluding hydrogens is 218 g/mol.